The number of carbonyl (C=O) groups excluding carboxylic acids is 1. The molecule has 1 amide bonds. The molecule has 1 aromatic carbocycles. The van der Waals surface area contributed by atoms with Gasteiger partial charge in [0.2, 0.25) is 5.91 Å². The minimum Gasteiger partial charge on any atom is -0.296 e. The van der Waals surface area contributed by atoms with E-state index in [1.165, 1.54) is 0 Å². The van der Waals surface area contributed by atoms with Gasteiger partial charge in [0.15, 0.2) is 5.82 Å². The summed E-state index contributed by atoms with van der Waals surface area (Å²) < 4.78 is 0. The number of hydrogen-bond acceptors (Lipinski definition) is 3. The highest BCUT2D eigenvalue weighted by Crippen LogP contribution is 2.31. The molecule has 0 fully saturated rings. The first-order valence-electron chi connectivity index (χ1n) is 6.94. The highest BCUT2D eigenvalue weighted by molar-refractivity contribution is 6.00. The maximum atomic E-state index is 12.1. The van der Waals surface area contributed by atoms with Crippen LogP contribution in [0.5, 0.6) is 0 Å². The molecule has 0 aliphatic carbocycles. The molecule has 0 spiro atoms. The molecule has 0 unspecified atom stereocenters. The Morgan fingerprint density at radius 2 is 1.95 bits per heavy atom. The smallest absolute Gasteiger partial charge is 0.232 e. The Morgan fingerprint density at radius 1 is 1.20 bits per heavy atom. The van der Waals surface area contributed by atoms with Crippen molar-refractivity contribution in [3.05, 3.63) is 41.6 Å². The molecule has 2 aromatic rings. The van der Waals surface area contributed by atoms with Crippen LogP contribution in [0.1, 0.15) is 24.6 Å². The minimum absolute atomic E-state index is 0.129. The van der Waals surface area contributed by atoms with E-state index >= 15 is 0 Å². The highest BCUT2D eigenvalue weighted by Gasteiger charge is 2.30. The second-order valence-corrected chi connectivity index (χ2v) is 5.02. The van der Waals surface area contributed by atoms with Crippen molar-refractivity contribution in [1.29, 1.82) is 0 Å². The Hall–Kier alpha value is -2.23. The van der Waals surface area contributed by atoms with E-state index in [-0.39, 0.29) is 5.91 Å². The van der Waals surface area contributed by atoms with Gasteiger partial charge in [0.25, 0.3) is 0 Å². The maximum absolute atomic E-state index is 12.1. The maximum Gasteiger partial charge on any atom is 0.232 e. The molecule has 0 bridgehead atoms. The van der Waals surface area contributed by atoms with Crippen molar-refractivity contribution < 1.29 is 4.79 Å². The molecule has 4 heteroatoms. The van der Waals surface area contributed by atoms with Gasteiger partial charge in [-0.25, -0.2) is 9.97 Å². The summed E-state index contributed by atoms with van der Waals surface area (Å²) in [6, 6.07) is 9.88. The van der Waals surface area contributed by atoms with Gasteiger partial charge in [-0.3, -0.25) is 9.69 Å². The Labute approximate surface area is 118 Å². The Morgan fingerprint density at radius 3 is 2.65 bits per heavy atom. The molecule has 1 aromatic heterocycles. The number of rotatable bonds is 3. The van der Waals surface area contributed by atoms with Gasteiger partial charge in [0.05, 0.1) is 6.42 Å². The van der Waals surface area contributed by atoms with Crippen LogP contribution in [0.2, 0.25) is 0 Å². The molecule has 20 heavy (non-hydrogen) atoms. The number of amides is 1. The number of carbonyl (C=O) groups is 1. The van der Waals surface area contributed by atoms with Crippen LogP contribution in [0, 0.1) is 6.92 Å². The first-order chi connectivity index (χ1) is 9.70. The zero-order valence-electron chi connectivity index (χ0n) is 11.8. The van der Waals surface area contributed by atoms with Crippen LogP contribution in [0.3, 0.4) is 0 Å². The van der Waals surface area contributed by atoms with Gasteiger partial charge < -0.3 is 0 Å². The monoisotopic (exact) mass is 267 g/mol. The first kappa shape index (κ1) is 12.8. The van der Waals surface area contributed by atoms with Crippen molar-refractivity contribution in [3.63, 3.8) is 0 Å². The first-order valence-corrected chi connectivity index (χ1v) is 6.94. The zero-order valence-corrected chi connectivity index (χ0v) is 11.8. The van der Waals surface area contributed by atoms with E-state index in [2.05, 4.69) is 16.9 Å². The molecule has 1 aliphatic heterocycles. The van der Waals surface area contributed by atoms with Crippen LogP contribution in [-0.4, -0.2) is 22.4 Å². The van der Waals surface area contributed by atoms with Crippen molar-refractivity contribution in [1.82, 2.24) is 9.97 Å². The lowest BCUT2D eigenvalue weighted by molar-refractivity contribution is -0.117. The predicted octanol–water partition coefficient (Wildman–Crippen LogP) is 2.75. The van der Waals surface area contributed by atoms with Gasteiger partial charge in [-0.15, -0.1) is 0 Å². The Kier molecular flexibility index (Phi) is 3.22. The molecular formula is C16H17N3O. The summed E-state index contributed by atoms with van der Waals surface area (Å²) in [6.45, 7) is 4.74. The Bertz CT molecular complexity index is 652. The van der Waals surface area contributed by atoms with Crippen molar-refractivity contribution >= 4 is 11.7 Å². The standard InChI is InChI=1S/C16H17N3O/c1-3-9-19-14(20)10-13-11(2)17-15(18-16(13)19)12-7-5-4-6-8-12/h4-8H,3,9-10H2,1-2H3. The molecule has 0 saturated carbocycles. The van der Waals surface area contributed by atoms with Crippen LogP contribution >= 0.6 is 0 Å². The molecule has 0 N–H and O–H groups in total. The zero-order chi connectivity index (χ0) is 14.1. The van der Waals surface area contributed by atoms with Gasteiger partial charge in [0, 0.05) is 23.4 Å². The number of aryl methyl sites for hydroxylation is 1. The SMILES string of the molecule is CCCN1C(=O)Cc2c(C)nc(-c3ccccc3)nc21. The minimum atomic E-state index is 0.129. The summed E-state index contributed by atoms with van der Waals surface area (Å²) in [5.41, 5.74) is 2.86. The lowest BCUT2D eigenvalue weighted by Crippen LogP contribution is -2.28. The van der Waals surface area contributed by atoms with E-state index < -0.39 is 0 Å². The van der Waals surface area contributed by atoms with E-state index in [1.807, 2.05) is 37.3 Å². The number of benzene rings is 1. The number of hydrogen-bond donors (Lipinski definition) is 0. The quantitative estimate of drug-likeness (QED) is 0.859. The molecule has 0 radical (unpaired) electrons. The number of anilines is 1. The van der Waals surface area contributed by atoms with Crippen molar-refractivity contribution in [2.75, 3.05) is 11.4 Å². The van der Waals surface area contributed by atoms with Crippen LogP contribution < -0.4 is 4.90 Å². The number of aromatic nitrogens is 2. The average Bonchev–Trinajstić information content (AvgIpc) is 2.78. The summed E-state index contributed by atoms with van der Waals surface area (Å²) in [5.74, 6) is 1.62. The molecule has 4 nitrogen and oxygen atoms in total. The average molecular weight is 267 g/mol. The van der Waals surface area contributed by atoms with E-state index in [4.69, 9.17) is 0 Å². The largest absolute Gasteiger partial charge is 0.296 e. The fourth-order valence-corrected chi connectivity index (χ4v) is 2.55. The van der Waals surface area contributed by atoms with E-state index in [1.54, 1.807) is 4.90 Å². The highest BCUT2D eigenvalue weighted by atomic mass is 16.2. The van der Waals surface area contributed by atoms with Crippen LogP contribution in [0.4, 0.5) is 5.82 Å². The topological polar surface area (TPSA) is 46.1 Å². The third-order valence-electron chi connectivity index (χ3n) is 3.56. The summed E-state index contributed by atoms with van der Waals surface area (Å²) in [4.78, 5) is 23.1. The summed E-state index contributed by atoms with van der Waals surface area (Å²) in [6.07, 6.45) is 1.35. The molecule has 102 valence electrons. The summed E-state index contributed by atoms with van der Waals surface area (Å²) in [7, 11) is 0. The second kappa shape index (κ2) is 5.04. The van der Waals surface area contributed by atoms with Gasteiger partial charge in [-0.05, 0) is 13.3 Å². The van der Waals surface area contributed by atoms with E-state index in [9.17, 15) is 4.79 Å². The van der Waals surface area contributed by atoms with Crippen molar-refractivity contribution in [2.45, 2.75) is 26.7 Å². The van der Waals surface area contributed by atoms with Crippen molar-refractivity contribution in [2.24, 2.45) is 0 Å². The number of fused-ring (bicyclic) bond motifs is 1. The van der Waals surface area contributed by atoms with Gasteiger partial charge in [0.1, 0.15) is 5.82 Å². The van der Waals surface area contributed by atoms with Crippen LogP contribution in [0.25, 0.3) is 11.4 Å². The van der Waals surface area contributed by atoms with Crippen LogP contribution in [-0.2, 0) is 11.2 Å². The predicted molar refractivity (Wildman–Crippen MR) is 78.6 cm³/mol. The van der Waals surface area contributed by atoms with Gasteiger partial charge in [-0.2, -0.15) is 0 Å². The van der Waals surface area contributed by atoms with Crippen LogP contribution in [0.15, 0.2) is 30.3 Å². The molecular weight excluding hydrogens is 250 g/mol. The van der Waals surface area contributed by atoms with Crippen molar-refractivity contribution in [3.8, 4) is 11.4 Å². The lowest BCUT2D eigenvalue weighted by Gasteiger charge is -2.16. The normalized spacial score (nSPS) is 13.7. The van der Waals surface area contributed by atoms with Gasteiger partial charge in [-0.1, -0.05) is 37.3 Å². The molecule has 0 saturated heterocycles. The van der Waals surface area contributed by atoms with Gasteiger partial charge >= 0.3 is 0 Å². The summed E-state index contributed by atoms with van der Waals surface area (Å²) >= 11 is 0. The fraction of sp³-hybridized carbons (Fsp3) is 0.312. The molecule has 2 heterocycles. The molecule has 1 aliphatic rings. The van der Waals surface area contributed by atoms with E-state index in [0.717, 1.165) is 35.6 Å². The van der Waals surface area contributed by atoms with E-state index in [0.29, 0.717) is 12.2 Å². The molecule has 3 rings (SSSR count). The third-order valence-corrected chi connectivity index (χ3v) is 3.56. The fourth-order valence-electron chi connectivity index (χ4n) is 2.55. The Balaban J connectivity index is 2.10. The number of nitrogens with zero attached hydrogens (tertiary/aromatic N) is 3. The lowest BCUT2D eigenvalue weighted by atomic mass is 10.1. The summed E-state index contributed by atoms with van der Waals surface area (Å²) in [5, 5.41) is 0. The second-order valence-electron chi connectivity index (χ2n) is 5.02. The third kappa shape index (κ3) is 2.07. The molecule has 0 atom stereocenters.